The molecule has 15 heteroatoms. The number of amides is 1. The first-order valence-corrected chi connectivity index (χ1v) is 15.3. The number of rotatable bonds is 12. The zero-order valence-corrected chi connectivity index (χ0v) is 26.2. The number of nitrogens with two attached hydrogens (primary N) is 1. The first kappa shape index (κ1) is 34.2. The van der Waals surface area contributed by atoms with Crippen molar-refractivity contribution in [2.45, 2.75) is 52.2 Å². The molecule has 0 saturated heterocycles. The van der Waals surface area contributed by atoms with E-state index in [2.05, 4.69) is 15.0 Å². The van der Waals surface area contributed by atoms with E-state index in [-0.39, 0.29) is 58.6 Å². The van der Waals surface area contributed by atoms with E-state index < -0.39 is 46.3 Å². The van der Waals surface area contributed by atoms with Gasteiger partial charge in [-0.15, -0.1) is 0 Å². The highest BCUT2D eigenvalue weighted by molar-refractivity contribution is 7.89. The summed E-state index contributed by atoms with van der Waals surface area (Å²) < 4.78 is 44.6. The molecule has 238 valence electrons. The highest BCUT2D eigenvalue weighted by Gasteiger charge is 2.25. The van der Waals surface area contributed by atoms with Crippen molar-refractivity contribution in [3.05, 3.63) is 63.2 Å². The lowest BCUT2D eigenvalue weighted by Gasteiger charge is -2.19. The van der Waals surface area contributed by atoms with Crippen molar-refractivity contribution < 1.29 is 37.0 Å². The molecule has 44 heavy (non-hydrogen) atoms. The Hall–Kier alpha value is -4.34. The van der Waals surface area contributed by atoms with Gasteiger partial charge in [0.25, 0.3) is 5.56 Å². The summed E-state index contributed by atoms with van der Waals surface area (Å²) in [4.78, 5) is 55.6. The fourth-order valence-electron chi connectivity index (χ4n) is 4.43. The van der Waals surface area contributed by atoms with Gasteiger partial charge in [0.1, 0.15) is 17.5 Å². The van der Waals surface area contributed by atoms with Crippen molar-refractivity contribution in [2.24, 2.45) is 11.7 Å². The predicted molar refractivity (Wildman–Crippen MR) is 161 cm³/mol. The number of hydrogen-bond donors (Lipinski definition) is 3. The standard InChI is InChI=1S/C29H37N5O9S/c1-7-41-27(36)23-17(4)14-19-24(18(23)5)26(35)34(20-10-8-9-11-21(20)44(39,40)31-6)22(33-19)15-43-29(38)32-12-13-42-28(37)25(30)16(2)3/h8-11,14,16,25,31H,7,12-13,15,30H2,1-6H3,(H,32,38)/t25-/m0/s1. The molecule has 1 heterocycles. The molecule has 0 fully saturated rings. The largest absolute Gasteiger partial charge is 0.463 e. The zero-order chi connectivity index (χ0) is 32.8. The third-order valence-electron chi connectivity index (χ3n) is 6.76. The van der Waals surface area contributed by atoms with Crippen LogP contribution in [-0.4, -0.2) is 68.8 Å². The Balaban J connectivity index is 2.05. The first-order chi connectivity index (χ1) is 20.7. The van der Waals surface area contributed by atoms with Gasteiger partial charge in [0, 0.05) is 0 Å². The Morgan fingerprint density at radius 2 is 1.77 bits per heavy atom. The van der Waals surface area contributed by atoms with Gasteiger partial charge in [-0.3, -0.25) is 14.2 Å². The number of hydrogen-bond acceptors (Lipinski definition) is 11. The molecule has 3 aromatic rings. The summed E-state index contributed by atoms with van der Waals surface area (Å²) in [6.07, 6.45) is -0.906. The van der Waals surface area contributed by atoms with E-state index in [9.17, 15) is 27.6 Å². The maximum absolute atomic E-state index is 14.1. The van der Waals surface area contributed by atoms with Crippen LogP contribution in [0, 0.1) is 19.8 Å². The van der Waals surface area contributed by atoms with Crippen LogP contribution in [0.25, 0.3) is 16.6 Å². The molecule has 3 rings (SSSR count). The van der Waals surface area contributed by atoms with E-state index >= 15 is 0 Å². The average Bonchev–Trinajstić information content (AvgIpc) is 2.97. The molecule has 2 aromatic carbocycles. The molecule has 0 saturated carbocycles. The minimum atomic E-state index is -4.06. The number of alkyl carbamates (subject to hydrolysis) is 1. The maximum Gasteiger partial charge on any atom is 0.407 e. The molecule has 0 aliphatic carbocycles. The molecule has 14 nitrogen and oxygen atoms in total. The van der Waals surface area contributed by atoms with E-state index in [1.54, 1.807) is 34.6 Å². The molecule has 0 unspecified atom stereocenters. The number of aromatic nitrogens is 2. The summed E-state index contributed by atoms with van der Waals surface area (Å²) in [7, 11) is -2.83. The molecule has 0 radical (unpaired) electrons. The Morgan fingerprint density at radius 3 is 2.41 bits per heavy atom. The molecular weight excluding hydrogens is 594 g/mol. The molecule has 4 N–H and O–H groups in total. The fraction of sp³-hybridized carbons (Fsp3) is 0.414. The lowest BCUT2D eigenvalue weighted by atomic mass is 9.98. The summed E-state index contributed by atoms with van der Waals surface area (Å²) in [5.41, 5.74) is 6.21. The second kappa shape index (κ2) is 14.4. The Bertz CT molecular complexity index is 1740. The van der Waals surface area contributed by atoms with Gasteiger partial charge >= 0.3 is 18.0 Å². The van der Waals surface area contributed by atoms with Crippen molar-refractivity contribution >= 4 is 39.0 Å². The van der Waals surface area contributed by atoms with Crippen LogP contribution in [0.1, 0.15) is 48.1 Å². The molecule has 0 aliphatic heterocycles. The number of benzene rings is 2. The quantitative estimate of drug-likeness (QED) is 0.150. The molecule has 0 spiro atoms. The number of sulfonamides is 1. The second-order valence-corrected chi connectivity index (χ2v) is 11.9. The van der Waals surface area contributed by atoms with Crippen LogP contribution in [0.3, 0.4) is 0 Å². The SMILES string of the molecule is CCOC(=O)c1c(C)cc2nc(COC(=O)NCCOC(=O)[C@@H](N)C(C)C)n(-c3ccccc3S(=O)(=O)NC)c(=O)c2c1C. The van der Waals surface area contributed by atoms with Crippen LogP contribution in [0.4, 0.5) is 4.79 Å². The van der Waals surface area contributed by atoms with Gasteiger partial charge in [-0.05, 0) is 63.1 Å². The fourth-order valence-corrected chi connectivity index (χ4v) is 5.35. The summed E-state index contributed by atoms with van der Waals surface area (Å²) in [5.74, 6) is -1.43. The van der Waals surface area contributed by atoms with Crippen molar-refractivity contribution in [1.82, 2.24) is 19.6 Å². The van der Waals surface area contributed by atoms with E-state index in [0.29, 0.717) is 11.1 Å². The summed E-state index contributed by atoms with van der Waals surface area (Å²) in [6, 6.07) is 6.49. The summed E-state index contributed by atoms with van der Waals surface area (Å²) in [5, 5.41) is 2.49. The van der Waals surface area contributed by atoms with Crippen LogP contribution in [0.2, 0.25) is 0 Å². The lowest BCUT2D eigenvalue weighted by molar-refractivity contribution is -0.146. The third-order valence-corrected chi connectivity index (χ3v) is 8.22. The number of fused-ring (bicyclic) bond motifs is 1. The zero-order valence-electron chi connectivity index (χ0n) is 25.4. The summed E-state index contributed by atoms with van der Waals surface area (Å²) in [6.45, 7) is 7.82. The van der Waals surface area contributed by atoms with Crippen LogP contribution in [-0.2, 0) is 35.6 Å². The van der Waals surface area contributed by atoms with Crippen LogP contribution >= 0.6 is 0 Å². The number of para-hydroxylation sites is 1. The second-order valence-electron chi connectivity index (χ2n) is 10.1. The number of nitrogens with zero attached hydrogens (tertiary/aromatic N) is 2. The topological polar surface area (TPSA) is 198 Å². The lowest BCUT2D eigenvalue weighted by Crippen LogP contribution is -2.38. The number of esters is 2. The number of nitrogens with one attached hydrogen (secondary N) is 2. The van der Waals surface area contributed by atoms with E-state index in [0.717, 1.165) is 4.57 Å². The summed E-state index contributed by atoms with van der Waals surface area (Å²) >= 11 is 0. The van der Waals surface area contributed by atoms with Crippen LogP contribution in [0.15, 0.2) is 40.0 Å². The number of ether oxygens (including phenoxy) is 3. The molecule has 0 aliphatic rings. The number of carbonyl (C=O) groups excluding carboxylic acids is 3. The smallest absolute Gasteiger partial charge is 0.407 e. The number of carbonyl (C=O) groups is 3. The normalized spacial score (nSPS) is 12.2. The molecule has 0 bridgehead atoms. The van der Waals surface area contributed by atoms with Crippen molar-refractivity contribution in [3.8, 4) is 5.69 Å². The van der Waals surface area contributed by atoms with Gasteiger partial charge in [0.2, 0.25) is 10.0 Å². The number of aryl methyl sites for hydroxylation is 2. The van der Waals surface area contributed by atoms with Gasteiger partial charge in [0.05, 0.1) is 35.3 Å². The van der Waals surface area contributed by atoms with Gasteiger partial charge in [-0.25, -0.2) is 27.7 Å². The van der Waals surface area contributed by atoms with Crippen molar-refractivity contribution in [3.63, 3.8) is 0 Å². The van der Waals surface area contributed by atoms with E-state index in [1.165, 1.54) is 37.4 Å². The van der Waals surface area contributed by atoms with Gasteiger partial charge in [-0.1, -0.05) is 26.0 Å². The van der Waals surface area contributed by atoms with Crippen molar-refractivity contribution in [2.75, 3.05) is 26.8 Å². The van der Waals surface area contributed by atoms with Crippen LogP contribution in [0.5, 0.6) is 0 Å². The first-order valence-electron chi connectivity index (χ1n) is 13.8. The predicted octanol–water partition coefficient (Wildman–Crippen LogP) is 1.84. The van der Waals surface area contributed by atoms with Gasteiger partial charge in [-0.2, -0.15) is 0 Å². The molecule has 1 atom stereocenters. The minimum absolute atomic E-state index is 0.0497. The minimum Gasteiger partial charge on any atom is -0.463 e. The van der Waals surface area contributed by atoms with Crippen molar-refractivity contribution in [1.29, 1.82) is 0 Å². The Labute approximate surface area is 254 Å². The van der Waals surface area contributed by atoms with E-state index in [4.69, 9.17) is 19.9 Å². The Morgan fingerprint density at radius 1 is 1.09 bits per heavy atom. The molecular formula is C29H37N5O9S. The van der Waals surface area contributed by atoms with Gasteiger partial charge < -0.3 is 25.3 Å². The molecule has 1 amide bonds. The maximum atomic E-state index is 14.1. The van der Waals surface area contributed by atoms with E-state index in [1.807, 2.05) is 0 Å². The monoisotopic (exact) mass is 631 g/mol. The third kappa shape index (κ3) is 7.41. The van der Waals surface area contributed by atoms with Crippen LogP contribution < -0.4 is 21.3 Å². The highest BCUT2D eigenvalue weighted by Crippen LogP contribution is 2.26. The Kier molecular flexibility index (Phi) is 11.2. The highest BCUT2D eigenvalue weighted by atomic mass is 32.2. The average molecular weight is 632 g/mol. The molecule has 1 aromatic heterocycles. The van der Waals surface area contributed by atoms with Gasteiger partial charge in [0.15, 0.2) is 12.4 Å².